The Morgan fingerprint density at radius 3 is 2.56 bits per heavy atom. The minimum Gasteiger partial charge on any atom is -0.481 e. The van der Waals surface area contributed by atoms with Gasteiger partial charge < -0.3 is 28.5 Å². The molecule has 1 fully saturated rings. The second kappa shape index (κ2) is 13.7. The Hall–Kier alpha value is -3.11. The number of carbonyl (C=O) groups is 2. The van der Waals surface area contributed by atoms with Gasteiger partial charge >= 0.3 is 5.97 Å². The molecule has 0 saturated carbocycles. The van der Waals surface area contributed by atoms with Crippen LogP contribution in [0.25, 0.3) is 0 Å². The topological polar surface area (TPSA) is 97.1 Å². The summed E-state index contributed by atoms with van der Waals surface area (Å²) in [5.41, 5.74) is 0.904. The minimum absolute atomic E-state index is 0.0844. The number of unbranched alkanes of at least 4 members (excludes halogenated alkanes) is 2. The zero-order valence-electron chi connectivity index (χ0n) is 25.4. The first-order valence-electron chi connectivity index (χ1n) is 15.0. The predicted octanol–water partition coefficient (Wildman–Crippen LogP) is 3.37. The maximum atomic E-state index is 13.8. The molecule has 0 unspecified atom stereocenters. The van der Waals surface area contributed by atoms with Crippen molar-refractivity contribution in [3.8, 4) is 11.5 Å². The van der Waals surface area contributed by atoms with Crippen LogP contribution >= 0.6 is 0 Å². The molecule has 10 heteroatoms. The number of benzene rings is 1. The third-order valence-electron chi connectivity index (χ3n) is 8.42. The van der Waals surface area contributed by atoms with Crippen molar-refractivity contribution in [2.45, 2.75) is 57.4 Å². The van der Waals surface area contributed by atoms with Gasteiger partial charge in [0.05, 0.1) is 40.2 Å². The van der Waals surface area contributed by atoms with E-state index in [0.717, 1.165) is 61.2 Å². The van der Waals surface area contributed by atoms with Gasteiger partial charge in [-0.15, -0.1) is 0 Å². The maximum Gasteiger partial charge on any atom is 0.308 e. The lowest BCUT2D eigenvalue weighted by atomic mass is 9.83. The highest BCUT2D eigenvalue weighted by Crippen LogP contribution is 2.43. The van der Waals surface area contributed by atoms with E-state index in [9.17, 15) is 14.7 Å². The molecule has 2 aromatic rings. The van der Waals surface area contributed by atoms with E-state index in [1.807, 2.05) is 40.9 Å². The van der Waals surface area contributed by atoms with E-state index in [2.05, 4.69) is 38.0 Å². The number of quaternary nitrogens is 1. The number of amides is 1. The number of ether oxygens (including phenoxy) is 2. The molecule has 0 radical (unpaired) electrons. The molecule has 1 saturated heterocycles. The summed E-state index contributed by atoms with van der Waals surface area (Å²) in [6.45, 7) is 5.56. The Balaban J connectivity index is 1.54. The molecule has 0 aliphatic carbocycles. The van der Waals surface area contributed by atoms with Gasteiger partial charge in [0.15, 0.2) is 11.5 Å². The van der Waals surface area contributed by atoms with E-state index in [4.69, 9.17) is 9.47 Å². The molecule has 2 aliphatic heterocycles. The van der Waals surface area contributed by atoms with Gasteiger partial charge in [-0.25, -0.2) is 4.98 Å². The molecule has 1 aromatic carbocycles. The summed E-state index contributed by atoms with van der Waals surface area (Å²) >= 11 is 0. The van der Waals surface area contributed by atoms with Crippen molar-refractivity contribution >= 4 is 11.9 Å². The smallest absolute Gasteiger partial charge is 0.308 e. The number of carboxylic acid groups (broad SMARTS) is 1. The Morgan fingerprint density at radius 1 is 1.12 bits per heavy atom. The van der Waals surface area contributed by atoms with Crippen molar-refractivity contribution in [2.24, 2.45) is 13.0 Å². The number of aromatic nitrogens is 2. The Morgan fingerprint density at radius 2 is 1.88 bits per heavy atom. The highest BCUT2D eigenvalue weighted by molar-refractivity contribution is 5.79. The number of nitrogens with zero attached hydrogens (tertiary/aromatic N) is 5. The van der Waals surface area contributed by atoms with Crippen molar-refractivity contribution in [1.29, 1.82) is 0 Å². The molecule has 3 atom stereocenters. The Labute approximate surface area is 244 Å². The molecule has 1 N–H and O–H groups in total. The van der Waals surface area contributed by atoms with Crippen molar-refractivity contribution < 1.29 is 28.7 Å². The molecule has 0 bridgehead atoms. The number of aliphatic carboxylic acids is 1. The van der Waals surface area contributed by atoms with E-state index in [1.54, 1.807) is 6.20 Å². The van der Waals surface area contributed by atoms with Crippen LogP contribution in [-0.2, 0) is 23.1 Å². The van der Waals surface area contributed by atoms with Crippen molar-refractivity contribution in [1.82, 2.24) is 19.4 Å². The summed E-state index contributed by atoms with van der Waals surface area (Å²) in [7, 11) is 8.52. The van der Waals surface area contributed by atoms with Gasteiger partial charge in [-0.2, -0.15) is 0 Å². The van der Waals surface area contributed by atoms with Crippen LogP contribution in [0.2, 0.25) is 0 Å². The third-order valence-corrected chi connectivity index (χ3v) is 8.42. The van der Waals surface area contributed by atoms with Crippen LogP contribution in [0.3, 0.4) is 0 Å². The molecule has 0 spiro atoms. The summed E-state index contributed by atoms with van der Waals surface area (Å²) in [5.74, 6) is 0.552. The van der Waals surface area contributed by atoms with E-state index >= 15 is 0 Å². The van der Waals surface area contributed by atoms with Crippen molar-refractivity contribution in [3.63, 3.8) is 0 Å². The minimum atomic E-state index is -0.837. The number of carbonyl (C=O) groups excluding carboxylic acids is 1. The fraction of sp³-hybridized carbons (Fsp3) is 0.645. The summed E-state index contributed by atoms with van der Waals surface area (Å²) in [6.07, 6.45) is 8.91. The first-order chi connectivity index (χ1) is 19.6. The SMILES string of the molecule is CCCCN(CCCC[N+](C)(C)C)C(=O)CN1C[C@H](c2ccc3c(c2)OCO3)[C@@H](C(=O)O)[C@@H]1CCc1nccn1C. The van der Waals surface area contributed by atoms with Crippen molar-refractivity contribution in [2.75, 3.05) is 60.7 Å². The molecule has 10 nitrogen and oxygen atoms in total. The van der Waals surface area contributed by atoms with Gasteiger partial charge in [0.2, 0.25) is 12.7 Å². The number of imidazole rings is 1. The largest absolute Gasteiger partial charge is 0.481 e. The molecular formula is C31H48N5O5+. The van der Waals surface area contributed by atoms with E-state index < -0.39 is 11.9 Å². The highest BCUT2D eigenvalue weighted by Gasteiger charge is 2.47. The number of hydrogen-bond donors (Lipinski definition) is 1. The zero-order valence-corrected chi connectivity index (χ0v) is 25.4. The van der Waals surface area contributed by atoms with Crippen LogP contribution in [0.15, 0.2) is 30.6 Å². The summed E-state index contributed by atoms with van der Waals surface area (Å²) in [6, 6.07) is 5.41. The van der Waals surface area contributed by atoms with Crippen LogP contribution < -0.4 is 9.47 Å². The highest BCUT2D eigenvalue weighted by atomic mass is 16.7. The zero-order chi connectivity index (χ0) is 29.6. The molecule has 41 heavy (non-hydrogen) atoms. The first kappa shape index (κ1) is 30.8. The second-order valence-corrected chi connectivity index (χ2v) is 12.5. The van der Waals surface area contributed by atoms with Crippen LogP contribution in [0.5, 0.6) is 11.5 Å². The maximum absolute atomic E-state index is 13.8. The first-order valence-corrected chi connectivity index (χ1v) is 15.0. The molecular weight excluding hydrogens is 522 g/mol. The van der Waals surface area contributed by atoms with Gasteiger partial charge in [0.1, 0.15) is 5.82 Å². The number of carboxylic acids is 1. The Kier molecular flexibility index (Phi) is 10.3. The number of likely N-dealkylation sites (tertiary alicyclic amines) is 1. The van der Waals surface area contributed by atoms with Gasteiger partial charge in [-0.1, -0.05) is 19.4 Å². The molecule has 4 rings (SSSR count). The lowest BCUT2D eigenvalue weighted by molar-refractivity contribution is -0.870. The predicted molar refractivity (Wildman–Crippen MR) is 157 cm³/mol. The molecule has 3 heterocycles. The van der Waals surface area contributed by atoms with Crippen LogP contribution in [-0.4, -0.2) is 108 Å². The number of fused-ring (bicyclic) bond motifs is 1. The van der Waals surface area contributed by atoms with E-state index in [1.165, 1.54) is 0 Å². The quantitative estimate of drug-likeness (QED) is 0.259. The molecule has 2 aliphatic rings. The Bertz CT molecular complexity index is 1180. The van der Waals surface area contributed by atoms with Crippen LogP contribution in [0.1, 0.15) is 56.3 Å². The lowest BCUT2D eigenvalue weighted by Crippen LogP contribution is -2.45. The standard InChI is InChI=1S/C31H47N5O5/c1-6-7-15-34(16-8-9-18-36(3,4)5)29(37)21-35-20-24(23-10-12-26-27(19-23)41-22-40-26)30(31(38)39)25(35)11-13-28-32-14-17-33(28)2/h10,12,14,17,19,24-25,30H,6-9,11,13,15-16,18,20-22H2,1-5H3/p+1/t24-,25+,30-/m1/s1. The molecule has 1 aromatic heterocycles. The number of rotatable bonds is 15. The molecule has 226 valence electrons. The number of aryl methyl sites for hydroxylation is 2. The summed E-state index contributed by atoms with van der Waals surface area (Å²) in [5, 5.41) is 10.5. The fourth-order valence-electron chi connectivity index (χ4n) is 6.12. The summed E-state index contributed by atoms with van der Waals surface area (Å²) < 4.78 is 14.0. The normalized spacial score (nSPS) is 20.5. The third kappa shape index (κ3) is 8.01. The van der Waals surface area contributed by atoms with Crippen LogP contribution in [0.4, 0.5) is 0 Å². The van der Waals surface area contributed by atoms with Crippen LogP contribution in [0, 0.1) is 5.92 Å². The van der Waals surface area contributed by atoms with Gasteiger partial charge in [0.25, 0.3) is 0 Å². The lowest BCUT2D eigenvalue weighted by Gasteiger charge is -2.30. The average Bonchev–Trinajstić information content (AvgIpc) is 3.64. The molecule has 1 amide bonds. The monoisotopic (exact) mass is 570 g/mol. The average molecular weight is 571 g/mol. The van der Waals surface area contributed by atoms with E-state index in [-0.39, 0.29) is 31.2 Å². The van der Waals surface area contributed by atoms with E-state index in [0.29, 0.717) is 30.9 Å². The number of hydrogen-bond acceptors (Lipinski definition) is 6. The van der Waals surface area contributed by atoms with Gasteiger partial charge in [-0.3, -0.25) is 14.5 Å². The van der Waals surface area contributed by atoms with Crippen molar-refractivity contribution in [3.05, 3.63) is 42.0 Å². The second-order valence-electron chi connectivity index (χ2n) is 12.5. The van der Waals surface area contributed by atoms with Gasteiger partial charge in [0, 0.05) is 57.5 Å². The fourth-order valence-corrected chi connectivity index (χ4v) is 6.12. The summed E-state index contributed by atoms with van der Waals surface area (Å²) in [4.78, 5) is 35.2. The van der Waals surface area contributed by atoms with Gasteiger partial charge in [-0.05, 0) is 43.4 Å².